The molecule has 3 aromatic carbocycles. The Morgan fingerprint density at radius 3 is 2.24 bits per heavy atom. The summed E-state index contributed by atoms with van der Waals surface area (Å²) in [4.78, 5) is 10.9. The SMILES string of the molecule is CNc1nc(Cl)nc(N(Cl)c2ccc(N=Nc3cc(S(=O)(=O)O)c4cccc(S(=O)(=O)O)c4c3)c(C)c2)n1. The van der Waals surface area contributed by atoms with Gasteiger partial charge in [0.15, 0.2) is 0 Å². The minimum atomic E-state index is -4.78. The molecule has 0 aliphatic heterocycles. The van der Waals surface area contributed by atoms with E-state index in [0.29, 0.717) is 16.9 Å². The van der Waals surface area contributed by atoms with Gasteiger partial charge in [-0.3, -0.25) is 9.11 Å². The van der Waals surface area contributed by atoms with Crippen molar-refractivity contribution in [2.75, 3.05) is 16.8 Å². The summed E-state index contributed by atoms with van der Waals surface area (Å²) in [6, 6.07) is 10.7. The van der Waals surface area contributed by atoms with Crippen LogP contribution in [0.3, 0.4) is 0 Å². The van der Waals surface area contributed by atoms with Crippen molar-refractivity contribution in [1.29, 1.82) is 0 Å². The fraction of sp³-hybridized carbons (Fsp3) is 0.0952. The van der Waals surface area contributed by atoms with Gasteiger partial charge < -0.3 is 5.32 Å². The Balaban J connectivity index is 1.74. The summed E-state index contributed by atoms with van der Waals surface area (Å²) >= 11 is 12.3. The third-order valence-corrected chi connectivity index (χ3v) is 7.46. The second-order valence-corrected chi connectivity index (χ2v) is 11.1. The molecule has 0 aliphatic carbocycles. The maximum Gasteiger partial charge on any atom is 0.295 e. The maximum absolute atomic E-state index is 12.0. The lowest BCUT2D eigenvalue weighted by Gasteiger charge is -2.15. The third kappa shape index (κ3) is 5.82. The van der Waals surface area contributed by atoms with Gasteiger partial charge in [0, 0.05) is 29.6 Å². The number of aryl methyl sites for hydroxylation is 1. The second kappa shape index (κ2) is 10.4. The Kier molecular flexibility index (Phi) is 7.51. The topological polar surface area (TPSA) is 187 Å². The van der Waals surface area contributed by atoms with Gasteiger partial charge >= 0.3 is 0 Å². The van der Waals surface area contributed by atoms with E-state index in [1.54, 1.807) is 32.2 Å². The van der Waals surface area contributed by atoms with Crippen LogP contribution in [0.15, 0.2) is 68.6 Å². The Bertz CT molecular complexity index is 1820. The molecule has 1 aromatic heterocycles. The molecule has 13 nitrogen and oxygen atoms in total. The lowest BCUT2D eigenvalue weighted by Crippen LogP contribution is -2.09. The molecule has 0 fully saturated rings. The molecule has 4 aromatic rings. The smallest absolute Gasteiger partial charge is 0.295 e. The van der Waals surface area contributed by atoms with Crippen LogP contribution in [-0.4, -0.2) is 47.9 Å². The van der Waals surface area contributed by atoms with Crippen LogP contribution >= 0.6 is 23.4 Å². The summed E-state index contributed by atoms with van der Waals surface area (Å²) in [6.07, 6.45) is 0. The van der Waals surface area contributed by atoms with Gasteiger partial charge in [-0.25, -0.2) is 4.42 Å². The minimum Gasteiger partial charge on any atom is -0.357 e. The van der Waals surface area contributed by atoms with Crippen LogP contribution in [0.4, 0.5) is 29.0 Å². The van der Waals surface area contributed by atoms with Crippen molar-refractivity contribution in [3.8, 4) is 0 Å². The Hall–Kier alpha value is -3.47. The number of rotatable bonds is 7. The normalized spacial score (nSPS) is 12.3. The lowest BCUT2D eigenvalue weighted by atomic mass is 10.1. The molecule has 0 amide bonds. The van der Waals surface area contributed by atoms with E-state index in [-0.39, 0.29) is 33.6 Å². The van der Waals surface area contributed by atoms with Crippen LogP contribution < -0.4 is 9.74 Å². The number of aromatic nitrogens is 3. The standard InChI is InChI=1S/C21H17Cl2N7O6S2/c1-11-8-13(30(23)21-26-19(22)25-20(24-2)27-21)6-7-16(11)29-28-12-9-15-14(18(10-12)38(34,35)36)4-3-5-17(15)37(31,32)33/h3-10H,1-2H3,(H,31,32,33)(H,34,35,36)(H,24,25,26,27). The maximum atomic E-state index is 12.0. The molecule has 0 unspecified atom stereocenters. The van der Waals surface area contributed by atoms with Gasteiger partial charge in [-0.05, 0) is 60.5 Å². The van der Waals surface area contributed by atoms with Crippen molar-refractivity contribution >= 4 is 83.3 Å². The molecule has 0 bridgehead atoms. The highest BCUT2D eigenvalue weighted by atomic mass is 35.5. The molecule has 38 heavy (non-hydrogen) atoms. The van der Waals surface area contributed by atoms with Gasteiger partial charge in [-0.2, -0.15) is 42.0 Å². The molecule has 4 rings (SSSR count). The number of halogens is 2. The first-order chi connectivity index (χ1) is 17.8. The molecule has 17 heteroatoms. The van der Waals surface area contributed by atoms with Gasteiger partial charge in [0.05, 0.1) is 17.1 Å². The first-order valence-electron chi connectivity index (χ1n) is 10.4. The van der Waals surface area contributed by atoms with E-state index < -0.39 is 30.0 Å². The lowest BCUT2D eigenvalue weighted by molar-refractivity contribution is 0.481. The minimum absolute atomic E-state index is 0.0633. The Labute approximate surface area is 226 Å². The molecule has 0 aliphatic rings. The van der Waals surface area contributed by atoms with Crippen LogP contribution in [0.2, 0.25) is 5.28 Å². The van der Waals surface area contributed by atoms with Crippen molar-refractivity contribution in [3.63, 3.8) is 0 Å². The number of hydrogen-bond acceptors (Lipinski definition) is 11. The van der Waals surface area contributed by atoms with Crippen LogP contribution in [-0.2, 0) is 20.2 Å². The van der Waals surface area contributed by atoms with Gasteiger partial charge in [0.25, 0.3) is 26.2 Å². The zero-order chi connectivity index (χ0) is 27.8. The van der Waals surface area contributed by atoms with E-state index in [9.17, 15) is 25.9 Å². The molecule has 1 heterocycles. The number of azo groups is 1. The summed E-state index contributed by atoms with van der Waals surface area (Å²) in [6.45, 7) is 1.71. The monoisotopic (exact) mass is 597 g/mol. The molecule has 0 atom stereocenters. The van der Waals surface area contributed by atoms with E-state index in [2.05, 4.69) is 30.5 Å². The summed E-state index contributed by atoms with van der Waals surface area (Å²) in [5, 5.41) is 10.5. The predicted molar refractivity (Wildman–Crippen MR) is 141 cm³/mol. The fourth-order valence-electron chi connectivity index (χ4n) is 3.45. The molecule has 0 spiro atoms. The molecule has 0 saturated carbocycles. The number of nitrogens with one attached hydrogen (secondary N) is 1. The molecule has 0 saturated heterocycles. The summed E-state index contributed by atoms with van der Waals surface area (Å²) in [5.74, 6) is 0.276. The molecular weight excluding hydrogens is 581 g/mol. The average Bonchev–Trinajstić information content (AvgIpc) is 2.85. The van der Waals surface area contributed by atoms with Crippen LogP contribution in [0.25, 0.3) is 10.8 Å². The van der Waals surface area contributed by atoms with Crippen molar-refractivity contribution in [3.05, 3.63) is 59.4 Å². The zero-order valence-corrected chi connectivity index (χ0v) is 22.5. The first-order valence-corrected chi connectivity index (χ1v) is 14.0. The number of fused-ring (bicyclic) bond motifs is 1. The van der Waals surface area contributed by atoms with E-state index in [0.717, 1.165) is 16.6 Å². The highest BCUT2D eigenvalue weighted by Crippen LogP contribution is 2.35. The van der Waals surface area contributed by atoms with E-state index >= 15 is 0 Å². The highest BCUT2D eigenvalue weighted by Gasteiger charge is 2.21. The summed E-state index contributed by atoms with van der Waals surface area (Å²) in [7, 11) is -7.89. The van der Waals surface area contributed by atoms with Crippen molar-refractivity contribution in [2.24, 2.45) is 10.2 Å². The van der Waals surface area contributed by atoms with Crippen molar-refractivity contribution < 1.29 is 25.9 Å². The molecule has 3 N–H and O–H groups in total. The number of benzene rings is 3. The second-order valence-electron chi connectivity index (χ2n) is 7.67. The zero-order valence-electron chi connectivity index (χ0n) is 19.4. The van der Waals surface area contributed by atoms with Crippen LogP contribution in [0.1, 0.15) is 5.56 Å². The summed E-state index contributed by atoms with van der Waals surface area (Å²) < 4.78 is 68.1. The van der Waals surface area contributed by atoms with Gasteiger partial charge in [-0.1, -0.05) is 12.1 Å². The predicted octanol–water partition coefficient (Wildman–Crippen LogP) is 5.23. The van der Waals surface area contributed by atoms with Gasteiger partial charge in [0.1, 0.15) is 9.79 Å². The van der Waals surface area contributed by atoms with Crippen molar-refractivity contribution in [2.45, 2.75) is 16.7 Å². The van der Waals surface area contributed by atoms with E-state index in [4.69, 9.17) is 23.4 Å². The average molecular weight is 598 g/mol. The van der Waals surface area contributed by atoms with Gasteiger partial charge in [0.2, 0.25) is 11.2 Å². The number of hydrogen-bond donors (Lipinski definition) is 3. The largest absolute Gasteiger partial charge is 0.357 e. The van der Waals surface area contributed by atoms with Gasteiger partial charge in [-0.15, -0.1) is 0 Å². The quantitative estimate of drug-likeness (QED) is 0.144. The Morgan fingerprint density at radius 1 is 0.895 bits per heavy atom. The molecule has 0 radical (unpaired) electrons. The van der Waals surface area contributed by atoms with E-state index in [1.807, 2.05) is 0 Å². The molecular formula is C21H17Cl2N7O6S2. The van der Waals surface area contributed by atoms with E-state index in [1.165, 1.54) is 18.2 Å². The fourth-order valence-corrected chi connectivity index (χ4v) is 5.21. The summed E-state index contributed by atoms with van der Waals surface area (Å²) in [5.41, 5.74) is 1.33. The highest BCUT2D eigenvalue weighted by molar-refractivity contribution is 7.86. The van der Waals surface area contributed by atoms with Crippen LogP contribution in [0.5, 0.6) is 0 Å². The number of nitrogens with zero attached hydrogens (tertiary/aromatic N) is 6. The third-order valence-electron chi connectivity index (χ3n) is 5.13. The molecule has 198 valence electrons. The first kappa shape index (κ1) is 27.6. The Morgan fingerprint density at radius 2 is 1.61 bits per heavy atom. The van der Waals surface area contributed by atoms with Crippen molar-refractivity contribution in [1.82, 2.24) is 15.0 Å². The van der Waals surface area contributed by atoms with Crippen LogP contribution in [0, 0.1) is 6.92 Å². The number of anilines is 3.